The fourth-order valence-corrected chi connectivity index (χ4v) is 10.1. The minimum absolute atomic E-state index is 0.00772. The Morgan fingerprint density at radius 2 is 1.68 bits per heavy atom. The van der Waals surface area contributed by atoms with E-state index in [-0.39, 0.29) is 57.0 Å². The number of carbonyl (C=O) groups excluding carboxylic acids is 3. The molecule has 3 fully saturated rings. The molecule has 0 spiro atoms. The van der Waals surface area contributed by atoms with E-state index in [1.807, 2.05) is 31.5 Å². The standard InChI is InChI=1S/C31H42N2O4/c1-26(2)10-12-31(25(36)33-37)13-11-30(7)23(19(31)16-26)20(34)14-22-28(5)15-18(17-32)24(35)27(3,4)21(28)8-9-29(22,30)6/h14-15,19,21,23,37H,8-13,16H2,1-7H3,(H,33,36)/t19-,21-,23-,28-,29+,30+,31-/m0/s1. The Morgan fingerprint density at radius 3 is 2.30 bits per heavy atom. The van der Waals surface area contributed by atoms with Gasteiger partial charge in [0.15, 0.2) is 11.6 Å². The molecule has 0 radical (unpaired) electrons. The van der Waals surface area contributed by atoms with Crippen LogP contribution in [0.3, 0.4) is 0 Å². The van der Waals surface area contributed by atoms with Gasteiger partial charge in [-0.15, -0.1) is 0 Å². The number of nitrogens with zero attached hydrogens (tertiary/aromatic N) is 1. The van der Waals surface area contributed by atoms with Gasteiger partial charge in [0.1, 0.15) is 6.07 Å². The van der Waals surface area contributed by atoms with Crippen molar-refractivity contribution in [2.75, 3.05) is 0 Å². The van der Waals surface area contributed by atoms with E-state index in [0.29, 0.717) is 12.8 Å². The summed E-state index contributed by atoms with van der Waals surface area (Å²) in [6.45, 7) is 15.0. The van der Waals surface area contributed by atoms with Crippen molar-refractivity contribution in [3.8, 4) is 6.07 Å². The topological polar surface area (TPSA) is 107 Å². The molecule has 0 bridgehead atoms. The molecule has 1 amide bonds. The third kappa shape index (κ3) is 3.10. The molecule has 0 unspecified atom stereocenters. The number of hydrogen-bond acceptors (Lipinski definition) is 5. The SMILES string of the molecule is CC1(C)CC[C@]2(C(=O)NO)CC[C@]3(C)[C@H](C(=O)C=C4[C@@]5(C)C=C(C#N)C(=O)C(C)(C)[C@@H]5CC[C@]43C)[C@@H]2C1. The number of ketones is 2. The molecule has 2 N–H and O–H groups in total. The Balaban J connectivity index is 1.71. The fraction of sp³-hybridized carbons (Fsp3) is 0.742. The van der Waals surface area contributed by atoms with Crippen LogP contribution in [0.2, 0.25) is 0 Å². The van der Waals surface area contributed by atoms with Crippen molar-refractivity contribution >= 4 is 17.5 Å². The summed E-state index contributed by atoms with van der Waals surface area (Å²) in [7, 11) is 0. The van der Waals surface area contributed by atoms with Gasteiger partial charge >= 0.3 is 0 Å². The van der Waals surface area contributed by atoms with E-state index in [1.165, 1.54) is 0 Å². The van der Waals surface area contributed by atoms with Crippen molar-refractivity contribution in [1.82, 2.24) is 5.48 Å². The molecular formula is C31H42N2O4. The normalized spacial score (nSPS) is 45.6. The zero-order valence-corrected chi connectivity index (χ0v) is 23.5. The van der Waals surface area contributed by atoms with Crippen molar-refractivity contribution < 1.29 is 19.6 Å². The lowest BCUT2D eigenvalue weighted by molar-refractivity contribution is -0.182. The molecule has 37 heavy (non-hydrogen) atoms. The van der Waals surface area contributed by atoms with Crippen LogP contribution in [-0.2, 0) is 14.4 Å². The van der Waals surface area contributed by atoms with E-state index >= 15 is 0 Å². The number of rotatable bonds is 1. The Labute approximate surface area is 220 Å². The predicted molar refractivity (Wildman–Crippen MR) is 139 cm³/mol. The van der Waals surface area contributed by atoms with Gasteiger partial charge in [0.2, 0.25) is 5.91 Å². The highest BCUT2D eigenvalue weighted by Crippen LogP contribution is 2.74. The summed E-state index contributed by atoms with van der Waals surface area (Å²) < 4.78 is 0. The van der Waals surface area contributed by atoms with Gasteiger partial charge < -0.3 is 0 Å². The van der Waals surface area contributed by atoms with Gasteiger partial charge in [-0.05, 0) is 79.1 Å². The second kappa shape index (κ2) is 7.65. The largest absolute Gasteiger partial charge is 0.295 e. The highest BCUT2D eigenvalue weighted by molar-refractivity contribution is 6.04. The predicted octanol–water partition coefficient (Wildman–Crippen LogP) is 5.71. The third-order valence-corrected chi connectivity index (χ3v) is 12.4. The summed E-state index contributed by atoms with van der Waals surface area (Å²) >= 11 is 0. The number of nitrogens with one attached hydrogen (secondary N) is 1. The molecule has 0 saturated heterocycles. The van der Waals surface area contributed by atoms with Crippen LogP contribution in [0.5, 0.6) is 0 Å². The maximum absolute atomic E-state index is 14.3. The van der Waals surface area contributed by atoms with Crippen LogP contribution in [0.4, 0.5) is 0 Å². The average molecular weight is 507 g/mol. The Hall–Kier alpha value is -2.26. The second-order valence-electron chi connectivity index (χ2n) is 14.9. The molecular weight excluding hydrogens is 464 g/mol. The van der Waals surface area contributed by atoms with Crippen molar-refractivity contribution in [2.45, 2.75) is 93.4 Å². The Morgan fingerprint density at radius 1 is 1.03 bits per heavy atom. The Kier molecular flexibility index (Phi) is 5.45. The zero-order chi connectivity index (χ0) is 27.4. The molecule has 5 aliphatic rings. The second-order valence-corrected chi connectivity index (χ2v) is 14.9. The van der Waals surface area contributed by atoms with Gasteiger partial charge in [-0.3, -0.25) is 19.6 Å². The molecule has 5 aliphatic carbocycles. The van der Waals surface area contributed by atoms with Crippen LogP contribution in [0, 0.1) is 61.6 Å². The van der Waals surface area contributed by atoms with E-state index in [0.717, 1.165) is 37.7 Å². The summed E-state index contributed by atoms with van der Waals surface area (Å²) in [5.74, 6) is -0.833. The number of fused-ring (bicyclic) bond motifs is 7. The first-order valence-corrected chi connectivity index (χ1v) is 13.9. The average Bonchev–Trinajstić information content (AvgIpc) is 2.82. The monoisotopic (exact) mass is 506 g/mol. The van der Waals surface area contributed by atoms with E-state index in [2.05, 4.69) is 40.7 Å². The van der Waals surface area contributed by atoms with Gasteiger partial charge in [0.25, 0.3) is 0 Å². The van der Waals surface area contributed by atoms with Gasteiger partial charge in [-0.1, -0.05) is 60.1 Å². The molecule has 3 saturated carbocycles. The fourth-order valence-electron chi connectivity index (χ4n) is 10.1. The van der Waals surface area contributed by atoms with Crippen molar-refractivity contribution in [3.05, 3.63) is 23.3 Å². The highest BCUT2D eigenvalue weighted by Gasteiger charge is 2.70. The zero-order valence-electron chi connectivity index (χ0n) is 23.5. The molecule has 0 aromatic heterocycles. The summed E-state index contributed by atoms with van der Waals surface area (Å²) in [5.41, 5.74) is 0.565. The lowest BCUT2D eigenvalue weighted by atomic mass is 9.34. The lowest BCUT2D eigenvalue weighted by Gasteiger charge is -2.68. The number of carbonyl (C=O) groups is 3. The van der Waals surface area contributed by atoms with Crippen LogP contribution < -0.4 is 5.48 Å². The first-order chi connectivity index (χ1) is 17.0. The number of Topliss-reactive ketones (excluding diaryl/α,β-unsaturated/α-hetero) is 1. The van der Waals surface area contributed by atoms with E-state index in [4.69, 9.17) is 0 Å². The number of hydrogen-bond donors (Lipinski definition) is 2. The molecule has 5 rings (SSSR count). The van der Waals surface area contributed by atoms with Crippen molar-refractivity contribution in [2.24, 2.45) is 50.2 Å². The molecule has 0 aromatic rings. The van der Waals surface area contributed by atoms with Crippen LogP contribution in [-0.4, -0.2) is 22.7 Å². The summed E-state index contributed by atoms with van der Waals surface area (Å²) in [6, 6.07) is 2.15. The quantitative estimate of drug-likeness (QED) is 0.350. The molecule has 7 atom stereocenters. The minimum Gasteiger partial charge on any atom is -0.295 e. The van der Waals surface area contributed by atoms with Gasteiger partial charge in [-0.2, -0.15) is 5.26 Å². The van der Waals surface area contributed by atoms with Crippen molar-refractivity contribution in [1.29, 1.82) is 5.26 Å². The van der Waals surface area contributed by atoms with Crippen LogP contribution in [0.15, 0.2) is 23.3 Å². The molecule has 0 heterocycles. The Bertz CT molecular complexity index is 1200. The maximum atomic E-state index is 14.3. The molecule has 6 nitrogen and oxygen atoms in total. The van der Waals surface area contributed by atoms with Crippen LogP contribution in [0.25, 0.3) is 0 Å². The highest BCUT2D eigenvalue weighted by atomic mass is 16.5. The van der Waals surface area contributed by atoms with E-state index in [1.54, 1.807) is 0 Å². The first kappa shape index (κ1) is 26.4. The summed E-state index contributed by atoms with van der Waals surface area (Å²) in [6.07, 6.45) is 9.12. The van der Waals surface area contributed by atoms with E-state index < -0.39 is 16.2 Å². The van der Waals surface area contributed by atoms with Gasteiger partial charge in [-0.25, -0.2) is 5.48 Å². The minimum atomic E-state index is -0.736. The van der Waals surface area contributed by atoms with Gasteiger partial charge in [0.05, 0.1) is 11.0 Å². The lowest BCUT2D eigenvalue weighted by Crippen LogP contribution is -2.66. The molecule has 0 aliphatic heterocycles. The number of nitriles is 1. The molecule has 6 heteroatoms. The summed E-state index contributed by atoms with van der Waals surface area (Å²) in [4.78, 5) is 40.7. The third-order valence-electron chi connectivity index (χ3n) is 12.4. The molecule has 200 valence electrons. The maximum Gasteiger partial charge on any atom is 0.249 e. The van der Waals surface area contributed by atoms with Gasteiger partial charge in [0, 0.05) is 16.7 Å². The number of hydroxylamine groups is 1. The molecule has 0 aromatic carbocycles. The number of allylic oxidation sites excluding steroid dienone is 4. The first-order valence-electron chi connectivity index (χ1n) is 13.9. The smallest absolute Gasteiger partial charge is 0.249 e. The van der Waals surface area contributed by atoms with Crippen LogP contribution in [0.1, 0.15) is 93.4 Å². The van der Waals surface area contributed by atoms with E-state index in [9.17, 15) is 24.9 Å². The van der Waals surface area contributed by atoms with Crippen molar-refractivity contribution in [3.63, 3.8) is 0 Å². The van der Waals surface area contributed by atoms with Crippen LogP contribution >= 0.6 is 0 Å². The number of amides is 1. The summed E-state index contributed by atoms with van der Waals surface area (Å²) in [5, 5.41) is 19.6.